The standard InChI is InChI=1S/C34H25BrN2O4/c1-41-24-9-6-8-22(19-24)31(38)29-30(32(39)21-13-16-23(35)17-14-21)37-27-12-5-2-7-20(27)15-18-28(37)34(29)25-10-3-4-11-26(25)36-33(34)40/h2-19,28-30H,1H3,(H,36,40)/t28-,29+,30-,34+/m1/s1. The molecule has 7 heteroatoms. The molecule has 3 aliphatic rings. The summed E-state index contributed by atoms with van der Waals surface area (Å²) in [6.07, 6.45) is 3.97. The maximum absolute atomic E-state index is 14.8. The fourth-order valence-corrected chi connectivity index (χ4v) is 7.12. The lowest BCUT2D eigenvalue weighted by Crippen LogP contribution is -2.51. The second-order valence-corrected chi connectivity index (χ2v) is 11.4. The monoisotopic (exact) mass is 604 g/mol. The van der Waals surface area contributed by atoms with Crippen LogP contribution in [0.3, 0.4) is 0 Å². The Morgan fingerprint density at radius 2 is 1.63 bits per heavy atom. The minimum atomic E-state index is -1.35. The highest BCUT2D eigenvalue weighted by Crippen LogP contribution is 2.58. The molecule has 4 aromatic carbocycles. The van der Waals surface area contributed by atoms with Gasteiger partial charge in [0.1, 0.15) is 17.2 Å². The summed E-state index contributed by atoms with van der Waals surface area (Å²) in [5, 5.41) is 3.06. The number of nitrogens with zero attached hydrogens (tertiary/aromatic N) is 1. The summed E-state index contributed by atoms with van der Waals surface area (Å²) >= 11 is 3.46. The fourth-order valence-electron chi connectivity index (χ4n) is 6.86. The first kappa shape index (κ1) is 25.5. The molecule has 0 radical (unpaired) electrons. The van der Waals surface area contributed by atoms with Gasteiger partial charge in [-0.1, -0.05) is 88.7 Å². The molecule has 41 heavy (non-hydrogen) atoms. The third-order valence-electron chi connectivity index (χ3n) is 8.58. The van der Waals surface area contributed by atoms with E-state index < -0.39 is 23.4 Å². The molecule has 6 nitrogen and oxygen atoms in total. The van der Waals surface area contributed by atoms with Gasteiger partial charge in [-0.15, -0.1) is 0 Å². The average Bonchev–Trinajstić information content (AvgIpc) is 3.49. The normalized spacial score (nSPS) is 23.5. The molecule has 1 amide bonds. The molecule has 0 saturated carbocycles. The Labute approximate surface area is 245 Å². The number of Topliss-reactive ketones (excluding diaryl/α,β-unsaturated/α-hetero) is 2. The van der Waals surface area contributed by atoms with E-state index in [0.717, 1.165) is 21.3 Å². The predicted molar refractivity (Wildman–Crippen MR) is 162 cm³/mol. The number of para-hydroxylation sites is 2. The Hall–Kier alpha value is -4.49. The van der Waals surface area contributed by atoms with Crippen molar-refractivity contribution in [3.05, 3.63) is 130 Å². The zero-order chi connectivity index (χ0) is 28.3. The maximum atomic E-state index is 14.8. The van der Waals surface area contributed by atoms with Gasteiger partial charge in [0.15, 0.2) is 11.6 Å². The molecule has 4 aromatic rings. The summed E-state index contributed by atoms with van der Waals surface area (Å²) in [5.41, 5.74) is 2.62. The van der Waals surface area contributed by atoms with Crippen LogP contribution in [-0.4, -0.2) is 36.7 Å². The van der Waals surface area contributed by atoms with Gasteiger partial charge in [0.25, 0.3) is 0 Å². The smallest absolute Gasteiger partial charge is 0.238 e. The first-order chi connectivity index (χ1) is 19.9. The number of carbonyl (C=O) groups excluding carboxylic acids is 3. The molecule has 0 bridgehead atoms. The average molecular weight is 605 g/mol. The molecule has 202 valence electrons. The van der Waals surface area contributed by atoms with E-state index in [1.54, 1.807) is 43.5 Å². The van der Waals surface area contributed by atoms with E-state index in [1.165, 1.54) is 0 Å². The molecule has 0 unspecified atom stereocenters. The molecule has 1 N–H and O–H groups in total. The van der Waals surface area contributed by atoms with Crippen LogP contribution in [0.2, 0.25) is 0 Å². The molecule has 1 saturated heterocycles. The Morgan fingerprint density at radius 1 is 0.878 bits per heavy atom. The number of amides is 1. The van der Waals surface area contributed by atoms with Crippen LogP contribution in [0.1, 0.15) is 31.8 Å². The van der Waals surface area contributed by atoms with Gasteiger partial charge < -0.3 is 15.0 Å². The number of rotatable bonds is 5. The van der Waals surface area contributed by atoms with Crippen LogP contribution >= 0.6 is 15.9 Å². The van der Waals surface area contributed by atoms with E-state index in [-0.39, 0.29) is 17.5 Å². The van der Waals surface area contributed by atoms with Crippen molar-refractivity contribution in [1.29, 1.82) is 0 Å². The molecule has 3 aliphatic heterocycles. The topological polar surface area (TPSA) is 75.7 Å². The van der Waals surface area contributed by atoms with E-state index in [0.29, 0.717) is 22.6 Å². The van der Waals surface area contributed by atoms with Gasteiger partial charge in [-0.3, -0.25) is 14.4 Å². The van der Waals surface area contributed by atoms with Crippen LogP contribution in [0.15, 0.2) is 108 Å². The number of carbonyl (C=O) groups is 3. The fraction of sp³-hybridized carbons (Fsp3) is 0.147. The Kier molecular flexibility index (Phi) is 5.94. The number of anilines is 2. The van der Waals surface area contributed by atoms with E-state index in [9.17, 15) is 14.4 Å². The predicted octanol–water partition coefficient (Wildman–Crippen LogP) is 6.31. The Morgan fingerprint density at radius 3 is 2.44 bits per heavy atom. The number of ether oxygens (including phenoxy) is 1. The Bertz CT molecular complexity index is 1760. The zero-order valence-electron chi connectivity index (χ0n) is 22.1. The highest BCUT2D eigenvalue weighted by atomic mass is 79.9. The van der Waals surface area contributed by atoms with E-state index in [2.05, 4.69) is 21.2 Å². The van der Waals surface area contributed by atoms with Crippen molar-refractivity contribution in [2.75, 3.05) is 17.3 Å². The van der Waals surface area contributed by atoms with Crippen LogP contribution in [0.4, 0.5) is 11.4 Å². The molecule has 0 aromatic heterocycles. The number of hydrogen-bond donors (Lipinski definition) is 1. The van der Waals surface area contributed by atoms with Gasteiger partial charge in [-0.05, 0) is 47.5 Å². The summed E-state index contributed by atoms with van der Waals surface area (Å²) in [7, 11) is 1.54. The van der Waals surface area contributed by atoms with Crippen molar-refractivity contribution in [2.45, 2.75) is 17.5 Å². The number of benzene rings is 4. The number of halogens is 1. The van der Waals surface area contributed by atoms with Gasteiger partial charge in [0, 0.05) is 27.0 Å². The summed E-state index contributed by atoms with van der Waals surface area (Å²) in [6, 6.07) is 27.8. The van der Waals surface area contributed by atoms with Gasteiger partial charge in [0.2, 0.25) is 5.91 Å². The number of methoxy groups -OCH3 is 1. The third kappa shape index (κ3) is 3.65. The zero-order valence-corrected chi connectivity index (χ0v) is 23.7. The number of hydrogen-bond acceptors (Lipinski definition) is 5. The molecule has 1 fully saturated rings. The SMILES string of the molecule is COc1cccc(C(=O)[C@@H]2[C@H](C(=O)c3ccc(Br)cc3)N3c4ccccc4C=C[C@@H]3[C@]23C(=O)Nc2ccccc23)c1. The van der Waals surface area contributed by atoms with E-state index in [1.807, 2.05) is 77.7 Å². The molecular formula is C34H25BrN2O4. The van der Waals surface area contributed by atoms with Crippen molar-refractivity contribution in [2.24, 2.45) is 5.92 Å². The second-order valence-electron chi connectivity index (χ2n) is 10.5. The minimum Gasteiger partial charge on any atom is -0.497 e. The lowest BCUT2D eigenvalue weighted by Gasteiger charge is -2.37. The first-order valence-corrected chi connectivity index (χ1v) is 14.2. The molecule has 3 heterocycles. The highest BCUT2D eigenvalue weighted by Gasteiger charge is 2.70. The maximum Gasteiger partial charge on any atom is 0.238 e. The largest absolute Gasteiger partial charge is 0.497 e. The summed E-state index contributed by atoms with van der Waals surface area (Å²) in [4.78, 5) is 45.9. The molecule has 7 rings (SSSR count). The van der Waals surface area contributed by atoms with Crippen molar-refractivity contribution < 1.29 is 19.1 Å². The van der Waals surface area contributed by atoms with E-state index in [4.69, 9.17) is 4.74 Å². The lowest BCUT2D eigenvalue weighted by molar-refractivity contribution is -0.121. The van der Waals surface area contributed by atoms with Crippen LogP contribution in [0.5, 0.6) is 5.75 Å². The van der Waals surface area contributed by atoms with Crippen LogP contribution in [0, 0.1) is 5.92 Å². The van der Waals surface area contributed by atoms with Crippen molar-refractivity contribution in [3.63, 3.8) is 0 Å². The summed E-state index contributed by atoms with van der Waals surface area (Å²) in [5.74, 6) is -1.30. The number of fused-ring (bicyclic) bond motifs is 6. The lowest BCUT2D eigenvalue weighted by atomic mass is 9.64. The van der Waals surface area contributed by atoms with Crippen LogP contribution < -0.4 is 15.0 Å². The second kappa shape index (κ2) is 9.56. The van der Waals surface area contributed by atoms with Gasteiger partial charge >= 0.3 is 0 Å². The third-order valence-corrected chi connectivity index (χ3v) is 9.10. The number of nitrogens with one attached hydrogen (secondary N) is 1. The Balaban J connectivity index is 1.53. The summed E-state index contributed by atoms with van der Waals surface area (Å²) < 4.78 is 6.28. The van der Waals surface area contributed by atoms with Gasteiger partial charge in [0.05, 0.1) is 19.1 Å². The first-order valence-electron chi connectivity index (χ1n) is 13.4. The highest BCUT2D eigenvalue weighted by molar-refractivity contribution is 9.10. The van der Waals surface area contributed by atoms with Gasteiger partial charge in [-0.2, -0.15) is 0 Å². The van der Waals surface area contributed by atoms with Crippen molar-refractivity contribution in [1.82, 2.24) is 0 Å². The van der Waals surface area contributed by atoms with Crippen LogP contribution in [-0.2, 0) is 10.2 Å². The van der Waals surface area contributed by atoms with Crippen LogP contribution in [0.25, 0.3) is 6.08 Å². The molecule has 1 spiro atoms. The summed E-state index contributed by atoms with van der Waals surface area (Å²) in [6.45, 7) is 0. The van der Waals surface area contributed by atoms with Crippen molar-refractivity contribution in [3.8, 4) is 5.75 Å². The quantitative estimate of drug-likeness (QED) is 0.270. The molecule has 0 aliphatic carbocycles. The molecule has 4 atom stereocenters. The van der Waals surface area contributed by atoms with Crippen molar-refractivity contribution >= 4 is 50.9 Å². The van der Waals surface area contributed by atoms with Gasteiger partial charge in [-0.25, -0.2) is 0 Å². The minimum absolute atomic E-state index is 0.220. The molecular weight excluding hydrogens is 580 g/mol. The number of ketones is 2. The van der Waals surface area contributed by atoms with E-state index >= 15 is 0 Å².